The molecule has 1 atom stereocenters. The van der Waals surface area contributed by atoms with Gasteiger partial charge in [-0.25, -0.2) is 0 Å². The van der Waals surface area contributed by atoms with E-state index in [4.69, 9.17) is 11.6 Å². The van der Waals surface area contributed by atoms with Crippen LogP contribution in [-0.2, 0) is 4.79 Å². The molecule has 4 heteroatoms. The van der Waals surface area contributed by atoms with E-state index in [0.29, 0.717) is 5.25 Å². The lowest BCUT2D eigenvalue weighted by molar-refractivity contribution is -0.116. The predicted molar refractivity (Wildman–Crippen MR) is 74.3 cm³/mol. The lowest BCUT2D eigenvalue weighted by atomic mass is 10.1. The van der Waals surface area contributed by atoms with Crippen LogP contribution < -0.4 is 4.90 Å². The molecule has 2 rings (SSSR count). The predicted octanol–water partition coefficient (Wildman–Crippen LogP) is 3.37. The molecule has 0 aliphatic carbocycles. The summed E-state index contributed by atoms with van der Waals surface area (Å²) in [7, 11) is 0. The number of carbonyl (C=O) groups excluding carboxylic acids is 1. The Morgan fingerprint density at radius 3 is 2.88 bits per heavy atom. The van der Waals surface area contributed by atoms with Crippen LogP contribution in [0.1, 0.15) is 18.1 Å². The van der Waals surface area contributed by atoms with Crippen molar-refractivity contribution in [2.45, 2.75) is 30.9 Å². The molecule has 17 heavy (non-hydrogen) atoms. The van der Waals surface area contributed by atoms with Crippen LogP contribution in [0.25, 0.3) is 0 Å². The first-order valence-corrected chi connectivity index (χ1v) is 7.09. The molecule has 2 nitrogen and oxygen atoms in total. The summed E-state index contributed by atoms with van der Waals surface area (Å²) in [6.45, 7) is 7.02. The van der Waals surface area contributed by atoms with Crippen molar-refractivity contribution in [3.8, 4) is 0 Å². The molecule has 1 aromatic carbocycles. The van der Waals surface area contributed by atoms with E-state index >= 15 is 0 Å². The molecule has 1 aliphatic heterocycles. The van der Waals surface area contributed by atoms with Gasteiger partial charge in [0.2, 0.25) is 5.91 Å². The largest absolute Gasteiger partial charge is 0.309 e. The lowest BCUT2D eigenvalue weighted by Gasteiger charge is -2.34. The number of amides is 1. The maximum atomic E-state index is 11.9. The fourth-order valence-electron chi connectivity index (χ4n) is 2.11. The van der Waals surface area contributed by atoms with Gasteiger partial charge in [-0.15, -0.1) is 23.4 Å². The van der Waals surface area contributed by atoms with E-state index in [1.165, 1.54) is 16.0 Å². The zero-order chi connectivity index (χ0) is 12.6. The number of anilines is 1. The molecule has 0 aromatic heterocycles. The Bertz CT molecular complexity index is 461. The summed E-state index contributed by atoms with van der Waals surface area (Å²) in [6.07, 6.45) is 0. The van der Waals surface area contributed by atoms with Crippen molar-refractivity contribution in [1.82, 2.24) is 0 Å². The molecule has 0 saturated carbocycles. The number of carbonyl (C=O) groups is 1. The second-order valence-electron chi connectivity index (χ2n) is 4.42. The van der Waals surface area contributed by atoms with Gasteiger partial charge in [-0.2, -0.15) is 0 Å². The number of nitrogens with zero attached hydrogens (tertiary/aromatic N) is 1. The molecule has 0 N–H and O–H groups in total. The minimum absolute atomic E-state index is 0.00577. The number of halogens is 1. The van der Waals surface area contributed by atoms with Gasteiger partial charge >= 0.3 is 0 Å². The fourth-order valence-corrected chi connectivity index (χ4v) is 3.43. The van der Waals surface area contributed by atoms with E-state index in [0.717, 1.165) is 12.2 Å². The summed E-state index contributed by atoms with van der Waals surface area (Å²) < 4.78 is 0. The minimum Gasteiger partial charge on any atom is -0.309 e. The van der Waals surface area contributed by atoms with Gasteiger partial charge in [0.15, 0.2) is 0 Å². The van der Waals surface area contributed by atoms with Gasteiger partial charge in [-0.1, -0.05) is 13.0 Å². The number of hydrogen-bond donors (Lipinski definition) is 0. The molecular weight excluding hydrogens is 254 g/mol. The van der Waals surface area contributed by atoms with E-state index < -0.39 is 0 Å². The van der Waals surface area contributed by atoms with Crippen LogP contribution in [0, 0.1) is 13.8 Å². The molecule has 0 saturated heterocycles. The van der Waals surface area contributed by atoms with E-state index in [9.17, 15) is 4.79 Å². The smallest absolute Gasteiger partial charge is 0.241 e. The summed E-state index contributed by atoms with van der Waals surface area (Å²) in [5.74, 6) is 0.0401. The van der Waals surface area contributed by atoms with E-state index in [1.54, 1.807) is 0 Å². The number of benzene rings is 1. The molecule has 0 radical (unpaired) electrons. The molecule has 0 spiro atoms. The Balaban J connectivity index is 2.54. The third kappa shape index (κ3) is 2.31. The molecular formula is C13H16ClNOS. The molecule has 1 aromatic rings. The summed E-state index contributed by atoms with van der Waals surface area (Å²) in [4.78, 5) is 14.9. The zero-order valence-electron chi connectivity index (χ0n) is 10.3. The number of thioether (sulfide) groups is 1. The molecule has 1 amide bonds. The average molecular weight is 270 g/mol. The van der Waals surface area contributed by atoms with Crippen LogP contribution in [0.15, 0.2) is 17.0 Å². The van der Waals surface area contributed by atoms with Crippen LogP contribution >= 0.6 is 23.4 Å². The highest BCUT2D eigenvalue weighted by Gasteiger charge is 2.28. The van der Waals surface area contributed by atoms with Gasteiger partial charge in [0.1, 0.15) is 5.88 Å². The van der Waals surface area contributed by atoms with Crippen molar-refractivity contribution in [2.24, 2.45) is 0 Å². The molecule has 1 heterocycles. The second-order valence-corrected chi connectivity index (χ2v) is 6.17. The van der Waals surface area contributed by atoms with Gasteiger partial charge in [0.05, 0.1) is 5.69 Å². The first-order chi connectivity index (χ1) is 8.04. The van der Waals surface area contributed by atoms with E-state index in [2.05, 4.69) is 32.9 Å². The lowest BCUT2D eigenvalue weighted by Crippen LogP contribution is -2.39. The highest BCUT2D eigenvalue weighted by Crippen LogP contribution is 2.41. The molecule has 92 valence electrons. The summed E-state index contributed by atoms with van der Waals surface area (Å²) in [6, 6.07) is 4.22. The van der Waals surface area contributed by atoms with Crippen molar-refractivity contribution in [3.05, 3.63) is 23.3 Å². The molecule has 0 bridgehead atoms. The van der Waals surface area contributed by atoms with Gasteiger partial charge in [0.25, 0.3) is 0 Å². The van der Waals surface area contributed by atoms with Gasteiger partial charge in [0, 0.05) is 16.7 Å². The fraction of sp³-hybridized carbons (Fsp3) is 0.462. The van der Waals surface area contributed by atoms with Crippen molar-refractivity contribution in [2.75, 3.05) is 17.3 Å². The van der Waals surface area contributed by atoms with Crippen molar-refractivity contribution in [3.63, 3.8) is 0 Å². The van der Waals surface area contributed by atoms with Crippen molar-refractivity contribution in [1.29, 1.82) is 0 Å². The Labute approximate surface area is 111 Å². The number of aryl methyl sites for hydroxylation is 1. The molecule has 1 aliphatic rings. The highest BCUT2D eigenvalue weighted by atomic mass is 35.5. The Morgan fingerprint density at radius 1 is 1.53 bits per heavy atom. The third-order valence-corrected chi connectivity index (χ3v) is 4.48. The second kappa shape index (κ2) is 4.91. The van der Waals surface area contributed by atoms with Gasteiger partial charge in [-0.05, 0) is 31.0 Å². The number of rotatable bonds is 1. The SMILES string of the molecule is Cc1ccc2c(c1C)N(C(=O)CCl)CC(C)S2. The number of alkyl halides is 1. The Morgan fingerprint density at radius 2 is 2.24 bits per heavy atom. The first-order valence-electron chi connectivity index (χ1n) is 5.67. The van der Waals surface area contributed by atoms with Gasteiger partial charge < -0.3 is 4.90 Å². The quantitative estimate of drug-likeness (QED) is 0.729. The van der Waals surface area contributed by atoms with Gasteiger partial charge in [-0.3, -0.25) is 4.79 Å². The maximum Gasteiger partial charge on any atom is 0.241 e. The number of fused-ring (bicyclic) bond motifs is 1. The normalized spacial score (nSPS) is 19.1. The van der Waals surface area contributed by atoms with Crippen LogP contribution in [0.3, 0.4) is 0 Å². The minimum atomic E-state index is -0.00577. The van der Waals surface area contributed by atoms with Crippen molar-refractivity contribution < 1.29 is 4.79 Å². The summed E-state index contributed by atoms with van der Waals surface area (Å²) >= 11 is 7.52. The topological polar surface area (TPSA) is 20.3 Å². The van der Waals surface area contributed by atoms with Crippen LogP contribution in [0.2, 0.25) is 0 Å². The summed E-state index contributed by atoms with van der Waals surface area (Å²) in [5.41, 5.74) is 3.45. The molecule has 0 fully saturated rings. The Kier molecular flexibility index (Phi) is 3.69. The zero-order valence-corrected chi connectivity index (χ0v) is 11.9. The average Bonchev–Trinajstić information content (AvgIpc) is 2.32. The van der Waals surface area contributed by atoms with E-state index in [-0.39, 0.29) is 11.8 Å². The monoisotopic (exact) mass is 269 g/mol. The van der Waals surface area contributed by atoms with E-state index in [1.807, 2.05) is 16.7 Å². The number of hydrogen-bond acceptors (Lipinski definition) is 2. The first kappa shape index (κ1) is 12.8. The third-order valence-electron chi connectivity index (χ3n) is 3.12. The highest BCUT2D eigenvalue weighted by molar-refractivity contribution is 8.00. The Hall–Kier alpha value is -0.670. The van der Waals surface area contributed by atoms with Crippen LogP contribution in [0.4, 0.5) is 5.69 Å². The van der Waals surface area contributed by atoms with Crippen LogP contribution in [-0.4, -0.2) is 23.6 Å². The van der Waals surface area contributed by atoms with Crippen LogP contribution in [0.5, 0.6) is 0 Å². The standard InChI is InChI=1S/C13H16ClNOS/c1-8-4-5-11-13(10(8)3)15(12(16)6-14)7-9(2)17-11/h4-5,9H,6-7H2,1-3H3. The maximum absolute atomic E-state index is 11.9. The van der Waals surface area contributed by atoms with Crippen molar-refractivity contribution >= 4 is 35.0 Å². The molecule has 1 unspecified atom stereocenters. The summed E-state index contributed by atoms with van der Waals surface area (Å²) in [5, 5.41) is 0.414.